The van der Waals surface area contributed by atoms with Crippen LogP contribution in [0.5, 0.6) is 0 Å². The quantitative estimate of drug-likeness (QED) is 0.321. The molecule has 0 aliphatic heterocycles. The number of nitrogens with one attached hydrogen (secondary N) is 1. The third kappa shape index (κ3) is 5.32. The summed E-state index contributed by atoms with van der Waals surface area (Å²) in [6.45, 7) is 1.39. The largest absolute Gasteiger partial charge is 0.433 e. The van der Waals surface area contributed by atoms with E-state index in [2.05, 4.69) is 15.3 Å². The third-order valence-corrected chi connectivity index (χ3v) is 4.86. The molecule has 0 spiro atoms. The first-order valence-electron chi connectivity index (χ1n) is 8.58. The Hall–Kier alpha value is -3.01. The van der Waals surface area contributed by atoms with Crippen molar-refractivity contribution in [1.82, 2.24) is 9.97 Å². The van der Waals surface area contributed by atoms with Crippen molar-refractivity contribution in [3.8, 4) is 11.3 Å². The van der Waals surface area contributed by atoms with Crippen molar-refractivity contribution < 1.29 is 26.7 Å². The van der Waals surface area contributed by atoms with Gasteiger partial charge in [-0.1, -0.05) is 42.1 Å². The molecular formula is C20H14F5N3OS. The van der Waals surface area contributed by atoms with Gasteiger partial charge < -0.3 is 5.32 Å². The molecule has 0 aliphatic rings. The first kappa shape index (κ1) is 21.7. The zero-order chi connectivity index (χ0) is 21.9. The van der Waals surface area contributed by atoms with Gasteiger partial charge in [0.1, 0.15) is 17.3 Å². The molecule has 2 aromatic carbocycles. The summed E-state index contributed by atoms with van der Waals surface area (Å²) in [4.78, 5) is 19.9. The van der Waals surface area contributed by atoms with Gasteiger partial charge in [-0.3, -0.25) is 4.79 Å². The molecule has 1 aromatic heterocycles. The van der Waals surface area contributed by atoms with E-state index in [0.717, 1.165) is 24.3 Å². The highest BCUT2D eigenvalue weighted by Crippen LogP contribution is 2.33. The summed E-state index contributed by atoms with van der Waals surface area (Å²) in [6.07, 6.45) is -4.71. The fraction of sp³-hybridized carbons (Fsp3) is 0.150. The molecule has 1 unspecified atom stereocenters. The molecule has 0 saturated carbocycles. The molecule has 3 aromatic rings. The van der Waals surface area contributed by atoms with E-state index in [1.807, 2.05) is 0 Å². The van der Waals surface area contributed by atoms with Crippen LogP contribution in [0.1, 0.15) is 12.6 Å². The molecule has 0 saturated heterocycles. The molecule has 1 atom stereocenters. The minimum atomic E-state index is -4.71. The van der Waals surface area contributed by atoms with Crippen LogP contribution in [0.3, 0.4) is 0 Å². The lowest BCUT2D eigenvalue weighted by Crippen LogP contribution is -2.23. The van der Waals surface area contributed by atoms with Gasteiger partial charge in [-0.05, 0) is 25.1 Å². The molecule has 0 bridgehead atoms. The summed E-state index contributed by atoms with van der Waals surface area (Å²) < 4.78 is 66.8. The second-order valence-corrected chi connectivity index (χ2v) is 7.47. The topological polar surface area (TPSA) is 54.9 Å². The van der Waals surface area contributed by atoms with Gasteiger partial charge in [0.15, 0.2) is 5.16 Å². The Labute approximate surface area is 172 Å². The van der Waals surface area contributed by atoms with Crippen LogP contribution in [0, 0.1) is 11.6 Å². The molecular weight excluding hydrogens is 425 g/mol. The molecule has 1 amide bonds. The molecule has 156 valence electrons. The Morgan fingerprint density at radius 3 is 2.40 bits per heavy atom. The van der Waals surface area contributed by atoms with Gasteiger partial charge in [-0.2, -0.15) is 13.2 Å². The van der Waals surface area contributed by atoms with E-state index in [1.54, 1.807) is 30.3 Å². The number of alkyl halides is 3. The molecule has 0 fully saturated rings. The third-order valence-electron chi connectivity index (χ3n) is 3.90. The number of anilines is 1. The van der Waals surface area contributed by atoms with Gasteiger partial charge in [0, 0.05) is 11.6 Å². The van der Waals surface area contributed by atoms with Gasteiger partial charge >= 0.3 is 6.18 Å². The highest BCUT2D eigenvalue weighted by Gasteiger charge is 2.34. The number of benzene rings is 2. The Kier molecular flexibility index (Phi) is 6.35. The van der Waals surface area contributed by atoms with Crippen LogP contribution < -0.4 is 5.32 Å². The monoisotopic (exact) mass is 439 g/mol. The van der Waals surface area contributed by atoms with Crippen LogP contribution in [0.4, 0.5) is 27.6 Å². The first-order valence-corrected chi connectivity index (χ1v) is 9.46. The summed E-state index contributed by atoms with van der Waals surface area (Å²) in [5.41, 5.74) is -1.03. The van der Waals surface area contributed by atoms with Crippen LogP contribution in [-0.2, 0) is 11.0 Å². The van der Waals surface area contributed by atoms with E-state index in [9.17, 15) is 26.7 Å². The lowest BCUT2D eigenvalue weighted by molar-refractivity contribution is -0.141. The van der Waals surface area contributed by atoms with Crippen LogP contribution >= 0.6 is 11.8 Å². The second kappa shape index (κ2) is 8.78. The Bertz CT molecular complexity index is 1060. The van der Waals surface area contributed by atoms with E-state index in [4.69, 9.17) is 0 Å². The van der Waals surface area contributed by atoms with E-state index in [-0.39, 0.29) is 16.5 Å². The number of halogens is 5. The highest BCUT2D eigenvalue weighted by atomic mass is 32.2. The lowest BCUT2D eigenvalue weighted by atomic mass is 10.1. The fourth-order valence-electron chi connectivity index (χ4n) is 2.42. The highest BCUT2D eigenvalue weighted by molar-refractivity contribution is 8.00. The Morgan fingerprint density at radius 1 is 1.03 bits per heavy atom. The molecule has 3 rings (SSSR count). The van der Waals surface area contributed by atoms with Crippen LogP contribution in [-0.4, -0.2) is 21.1 Å². The maximum absolute atomic E-state index is 13.7. The smallest absolute Gasteiger partial charge is 0.323 e. The van der Waals surface area contributed by atoms with Crippen molar-refractivity contribution in [2.45, 2.75) is 23.5 Å². The zero-order valence-electron chi connectivity index (χ0n) is 15.4. The summed E-state index contributed by atoms with van der Waals surface area (Å²) >= 11 is 0.670. The van der Waals surface area contributed by atoms with E-state index in [0.29, 0.717) is 17.3 Å². The van der Waals surface area contributed by atoms with Crippen molar-refractivity contribution in [1.29, 1.82) is 0 Å². The summed E-state index contributed by atoms with van der Waals surface area (Å²) in [7, 11) is 0. The average Bonchev–Trinajstić information content (AvgIpc) is 2.70. The Balaban J connectivity index is 1.85. The number of amides is 1. The van der Waals surface area contributed by atoms with Gasteiger partial charge in [0.25, 0.3) is 0 Å². The predicted molar refractivity (Wildman–Crippen MR) is 103 cm³/mol. The fourth-order valence-corrected chi connectivity index (χ4v) is 3.20. The molecule has 10 heteroatoms. The van der Waals surface area contributed by atoms with Crippen molar-refractivity contribution in [2.75, 3.05) is 5.32 Å². The van der Waals surface area contributed by atoms with Crippen molar-refractivity contribution in [2.24, 2.45) is 0 Å². The lowest BCUT2D eigenvalue weighted by Gasteiger charge is -2.14. The number of carbonyl (C=O) groups is 1. The standard InChI is InChI=1S/C20H14F5N3OS/c1-11(18(29)26-16-9-13(21)7-8-14(16)22)30-19-27-15(12-5-3-2-4-6-12)10-17(28-19)20(23,24)25/h2-11H,1H3,(H,26,29). The number of thioether (sulfide) groups is 1. The maximum Gasteiger partial charge on any atom is 0.433 e. The first-order chi connectivity index (χ1) is 14.1. The Morgan fingerprint density at radius 2 is 1.73 bits per heavy atom. The number of nitrogens with zero attached hydrogens (tertiary/aromatic N) is 2. The maximum atomic E-state index is 13.7. The minimum Gasteiger partial charge on any atom is -0.323 e. The number of hydrogen-bond donors (Lipinski definition) is 1. The second-order valence-electron chi connectivity index (χ2n) is 6.16. The normalized spacial score (nSPS) is 12.5. The molecule has 30 heavy (non-hydrogen) atoms. The van der Waals surface area contributed by atoms with Crippen LogP contribution in [0.2, 0.25) is 0 Å². The number of carbonyl (C=O) groups excluding carboxylic acids is 1. The number of hydrogen-bond acceptors (Lipinski definition) is 4. The summed E-state index contributed by atoms with van der Waals surface area (Å²) in [5, 5.41) is 0.951. The summed E-state index contributed by atoms with van der Waals surface area (Å²) in [6, 6.07) is 11.6. The average molecular weight is 439 g/mol. The predicted octanol–water partition coefficient (Wildman–Crippen LogP) is 5.56. The SMILES string of the molecule is CC(Sc1nc(-c2ccccc2)cc(C(F)(F)F)n1)C(=O)Nc1cc(F)ccc1F. The summed E-state index contributed by atoms with van der Waals surface area (Å²) in [5.74, 6) is -2.34. The van der Waals surface area contributed by atoms with Crippen molar-refractivity contribution >= 4 is 23.4 Å². The molecule has 1 N–H and O–H groups in total. The number of rotatable bonds is 5. The van der Waals surface area contributed by atoms with Crippen molar-refractivity contribution in [3.05, 3.63) is 71.9 Å². The van der Waals surface area contributed by atoms with Gasteiger partial charge in [0.2, 0.25) is 5.91 Å². The molecule has 0 aliphatic carbocycles. The molecule has 4 nitrogen and oxygen atoms in total. The van der Waals surface area contributed by atoms with E-state index < -0.39 is 34.7 Å². The number of aromatic nitrogens is 2. The van der Waals surface area contributed by atoms with Gasteiger partial charge in [0.05, 0.1) is 16.6 Å². The minimum absolute atomic E-state index is 0.0456. The van der Waals surface area contributed by atoms with Crippen LogP contribution in [0.15, 0.2) is 59.8 Å². The van der Waals surface area contributed by atoms with E-state index in [1.165, 1.54) is 6.92 Å². The zero-order valence-corrected chi connectivity index (χ0v) is 16.2. The van der Waals surface area contributed by atoms with Gasteiger partial charge in [-0.25, -0.2) is 18.7 Å². The van der Waals surface area contributed by atoms with Gasteiger partial charge in [-0.15, -0.1) is 0 Å². The molecule has 0 radical (unpaired) electrons. The van der Waals surface area contributed by atoms with E-state index >= 15 is 0 Å². The molecule has 1 heterocycles. The van der Waals surface area contributed by atoms with Crippen molar-refractivity contribution in [3.63, 3.8) is 0 Å². The van der Waals surface area contributed by atoms with Crippen LogP contribution in [0.25, 0.3) is 11.3 Å².